The molecule has 19 heavy (non-hydrogen) atoms. The van der Waals surface area contributed by atoms with Crippen LogP contribution in [0.2, 0.25) is 0 Å². The first-order chi connectivity index (χ1) is 9.16. The lowest BCUT2D eigenvalue weighted by Crippen LogP contribution is -1.99. The lowest BCUT2D eigenvalue weighted by atomic mass is 10.3. The Labute approximate surface area is 113 Å². The number of hydrogen-bond donors (Lipinski definition) is 1. The molecule has 7 heteroatoms. The first kappa shape index (κ1) is 13.0. The molecule has 0 saturated heterocycles. The SMILES string of the molecule is O=[N+]([O-])c1ccc(NN=C(Cl)c2ccccn2)cc1. The van der Waals surface area contributed by atoms with Crippen LogP contribution in [0.3, 0.4) is 0 Å². The lowest BCUT2D eigenvalue weighted by Gasteiger charge is -2.01. The maximum atomic E-state index is 10.5. The molecule has 0 aliphatic carbocycles. The Kier molecular flexibility index (Phi) is 4.04. The van der Waals surface area contributed by atoms with Crippen LogP contribution in [-0.2, 0) is 0 Å². The van der Waals surface area contributed by atoms with E-state index in [1.807, 2.05) is 0 Å². The van der Waals surface area contributed by atoms with Crippen LogP contribution >= 0.6 is 11.6 Å². The summed E-state index contributed by atoms with van der Waals surface area (Å²) in [6.07, 6.45) is 1.61. The maximum Gasteiger partial charge on any atom is 0.269 e. The summed E-state index contributed by atoms with van der Waals surface area (Å²) < 4.78 is 0. The molecule has 0 aliphatic heterocycles. The number of hydrazone groups is 1. The molecule has 0 saturated carbocycles. The molecule has 0 aliphatic rings. The zero-order valence-electron chi connectivity index (χ0n) is 9.65. The van der Waals surface area contributed by atoms with Gasteiger partial charge in [-0.15, -0.1) is 0 Å². The summed E-state index contributed by atoms with van der Waals surface area (Å²) in [6.45, 7) is 0. The summed E-state index contributed by atoms with van der Waals surface area (Å²) in [7, 11) is 0. The van der Waals surface area contributed by atoms with Crippen molar-refractivity contribution in [1.29, 1.82) is 0 Å². The molecular formula is C12H9ClN4O2. The Morgan fingerprint density at radius 3 is 2.58 bits per heavy atom. The first-order valence-corrected chi connectivity index (χ1v) is 5.69. The van der Waals surface area contributed by atoms with Crippen molar-refractivity contribution in [2.75, 3.05) is 5.43 Å². The van der Waals surface area contributed by atoms with Crippen LogP contribution in [0, 0.1) is 10.1 Å². The number of nitro groups is 1. The van der Waals surface area contributed by atoms with E-state index in [4.69, 9.17) is 11.6 Å². The molecule has 0 fully saturated rings. The molecule has 1 heterocycles. The molecule has 0 atom stereocenters. The Balaban J connectivity index is 2.08. The van der Waals surface area contributed by atoms with Crippen LogP contribution in [0.1, 0.15) is 5.69 Å². The number of nitro benzene ring substituents is 1. The van der Waals surface area contributed by atoms with Crippen molar-refractivity contribution >= 4 is 28.1 Å². The molecule has 0 unspecified atom stereocenters. The lowest BCUT2D eigenvalue weighted by molar-refractivity contribution is -0.384. The number of rotatable bonds is 4. The number of benzene rings is 1. The van der Waals surface area contributed by atoms with E-state index >= 15 is 0 Å². The molecule has 0 bridgehead atoms. The zero-order valence-corrected chi connectivity index (χ0v) is 10.4. The monoisotopic (exact) mass is 276 g/mol. The summed E-state index contributed by atoms with van der Waals surface area (Å²) >= 11 is 5.95. The third-order valence-corrected chi connectivity index (χ3v) is 2.52. The average molecular weight is 277 g/mol. The normalized spacial score (nSPS) is 11.1. The predicted octanol–water partition coefficient (Wildman–Crippen LogP) is 3.00. The van der Waals surface area contributed by atoms with Crippen molar-refractivity contribution in [3.8, 4) is 0 Å². The minimum absolute atomic E-state index is 0.0188. The Bertz CT molecular complexity index is 599. The van der Waals surface area contributed by atoms with Crippen molar-refractivity contribution < 1.29 is 4.92 Å². The molecule has 0 amide bonds. The highest BCUT2D eigenvalue weighted by molar-refractivity contribution is 6.69. The van der Waals surface area contributed by atoms with E-state index in [0.29, 0.717) is 11.4 Å². The van der Waals surface area contributed by atoms with Gasteiger partial charge < -0.3 is 0 Å². The fourth-order valence-electron chi connectivity index (χ4n) is 1.31. The van der Waals surface area contributed by atoms with Gasteiger partial charge in [0.2, 0.25) is 0 Å². The highest BCUT2D eigenvalue weighted by Crippen LogP contribution is 2.15. The largest absolute Gasteiger partial charge is 0.277 e. The smallest absolute Gasteiger partial charge is 0.269 e. The number of nitrogens with zero attached hydrogens (tertiary/aromatic N) is 3. The van der Waals surface area contributed by atoms with Crippen molar-refractivity contribution in [3.63, 3.8) is 0 Å². The Morgan fingerprint density at radius 1 is 1.26 bits per heavy atom. The van der Waals surface area contributed by atoms with E-state index in [0.717, 1.165) is 0 Å². The van der Waals surface area contributed by atoms with Crippen LogP contribution < -0.4 is 5.43 Å². The van der Waals surface area contributed by atoms with Crippen LogP contribution in [0.15, 0.2) is 53.8 Å². The second kappa shape index (κ2) is 5.92. The minimum Gasteiger partial charge on any atom is -0.277 e. The van der Waals surface area contributed by atoms with Crippen LogP contribution in [0.25, 0.3) is 0 Å². The van der Waals surface area contributed by atoms with Crippen molar-refractivity contribution in [2.45, 2.75) is 0 Å². The highest BCUT2D eigenvalue weighted by Gasteiger charge is 2.04. The third-order valence-electron chi connectivity index (χ3n) is 2.24. The third kappa shape index (κ3) is 3.49. The minimum atomic E-state index is -0.464. The van der Waals surface area contributed by atoms with Gasteiger partial charge in [-0.25, -0.2) is 0 Å². The van der Waals surface area contributed by atoms with Crippen LogP contribution in [0.5, 0.6) is 0 Å². The first-order valence-electron chi connectivity index (χ1n) is 5.32. The Morgan fingerprint density at radius 2 is 2.00 bits per heavy atom. The summed E-state index contributed by atoms with van der Waals surface area (Å²) in [4.78, 5) is 14.1. The number of anilines is 1. The van der Waals surface area contributed by atoms with Gasteiger partial charge in [0.15, 0.2) is 5.17 Å². The number of aromatic nitrogens is 1. The molecule has 2 aromatic rings. The molecule has 96 valence electrons. The fraction of sp³-hybridized carbons (Fsp3) is 0. The Hall–Kier alpha value is -2.47. The van der Waals surface area contributed by atoms with Gasteiger partial charge in [-0.3, -0.25) is 20.5 Å². The summed E-state index contributed by atoms with van der Waals surface area (Å²) in [6, 6.07) is 11.2. The zero-order chi connectivity index (χ0) is 13.7. The van der Waals surface area contributed by atoms with E-state index in [1.54, 1.807) is 36.5 Å². The highest BCUT2D eigenvalue weighted by atomic mass is 35.5. The molecule has 1 N–H and O–H groups in total. The standard InChI is InChI=1S/C12H9ClN4O2/c13-12(11-3-1-2-8-14-11)16-15-9-4-6-10(7-5-9)17(18)19/h1-8,15H. The summed E-state index contributed by atoms with van der Waals surface area (Å²) in [5, 5.41) is 14.6. The number of halogens is 1. The molecule has 1 aromatic carbocycles. The van der Waals surface area contributed by atoms with Crippen LogP contribution in [0.4, 0.5) is 11.4 Å². The number of nitrogens with one attached hydrogen (secondary N) is 1. The van der Waals surface area contributed by atoms with Gasteiger partial charge in [0, 0.05) is 18.3 Å². The van der Waals surface area contributed by atoms with Gasteiger partial charge in [0.1, 0.15) is 5.69 Å². The van der Waals surface area contributed by atoms with E-state index in [-0.39, 0.29) is 10.9 Å². The molecule has 0 spiro atoms. The van der Waals surface area contributed by atoms with Crippen molar-refractivity contribution in [2.24, 2.45) is 5.10 Å². The second-order valence-corrected chi connectivity index (χ2v) is 3.89. The van der Waals surface area contributed by atoms with Gasteiger partial charge >= 0.3 is 0 Å². The van der Waals surface area contributed by atoms with Crippen molar-refractivity contribution in [1.82, 2.24) is 4.98 Å². The van der Waals surface area contributed by atoms with E-state index < -0.39 is 4.92 Å². The van der Waals surface area contributed by atoms with Crippen LogP contribution in [-0.4, -0.2) is 15.1 Å². The van der Waals surface area contributed by atoms with E-state index in [1.165, 1.54) is 12.1 Å². The molecule has 6 nitrogen and oxygen atoms in total. The van der Waals surface area contributed by atoms with Gasteiger partial charge in [0.25, 0.3) is 5.69 Å². The predicted molar refractivity (Wildman–Crippen MR) is 73.3 cm³/mol. The molecule has 2 rings (SSSR count). The summed E-state index contributed by atoms with van der Waals surface area (Å²) in [5.41, 5.74) is 3.86. The summed E-state index contributed by atoms with van der Waals surface area (Å²) in [5.74, 6) is 0. The topological polar surface area (TPSA) is 80.4 Å². The van der Waals surface area contributed by atoms with Gasteiger partial charge in [-0.2, -0.15) is 5.10 Å². The quantitative estimate of drug-likeness (QED) is 0.529. The van der Waals surface area contributed by atoms with Gasteiger partial charge in [-0.05, 0) is 24.3 Å². The molecular weight excluding hydrogens is 268 g/mol. The molecule has 1 aromatic heterocycles. The second-order valence-electron chi connectivity index (χ2n) is 3.53. The fourth-order valence-corrected chi connectivity index (χ4v) is 1.47. The van der Waals surface area contributed by atoms with E-state index in [9.17, 15) is 10.1 Å². The average Bonchev–Trinajstić information content (AvgIpc) is 2.46. The molecule has 0 radical (unpaired) electrons. The number of non-ortho nitro benzene ring substituents is 1. The van der Waals surface area contributed by atoms with E-state index in [2.05, 4.69) is 15.5 Å². The van der Waals surface area contributed by atoms with Gasteiger partial charge in [-0.1, -0.05) is 17.7 Å². The van der Waals surface area contributed by atoms with Crippen molar-refractivity contribution in [3.05, 3.63) is 64.5 Å². The number of hydrogen-bond acceptors (Lipinski definition) is 5. The van der Waals surface area contributed by atoms with Gasteiger partial charge in [0.05, 0.1) is 10.6 Å². The number of pyridine rings is 1. The maximum absolute atomic E-state index is 10.5.